The maximum absolute atomic E-state index is 13.3. The first kappa shape index (κ1) is 17.4. The summed E-state index contributed by atoms with van der Waals surface area (Å²) >= 11 is 0. The lowest BCUT2D eigenvalue weighted by Crippen LogP contribution is -2.58. The molecule has 5 nitrogen and oxygen atoms in total. The highest BCUT2D eigenvalue weighted by Crippen LogP contribution is 2.28. The standard InChI is InChI=1S/C23H25N3O2/c27-19-7-5-18(6-8-19)22-20-4-2-1-3-16(20)11-14-26(22)23(28)24-21-15-25-12-9-17(21)10-13-25/h1-8,17,21H,9-15H2,(H,24,28)/p+1/t21-/m1/s1. The zero-order valence-corrected chi connectivity index (χ0v) is 16.0. The molecule has 0 aliphatic carbocycles. The van der Waals surface area contributed by atoms with E-state index < -0.39 is 0 Å². The number of hydrogen-bond donors (Lipinski definition) is 2. The Morgan fingerprint density at radius 1 is 1.07 bits per heavy atom. The topological polar surface area (TPSA) is 55.6 Å². The van der Waals surface area contributed by atoms with Crippen LogP contribution in [0.5, 0.6) is 5.75 Å². The molecule has 144 valence electrons. The molecular weight excluding hydrogens is 350 g/mol. The number of urea groups is 1. The minimum Gasteiger partial charge on any atom is -0.508 e. The normalized spacial score (nSPS) is 26.1. The Balaban J connectivity index is 1.52. The number of hydrogen-bond acceptors (Lipinski definition) is 3. The van der Waals surface area contributed by atoms with E-state index in [1.165, 1.54) is 31.5 Å². The highest BCUT2D eigenvalue weighted by Gasteiger charge is 2.39. The van der Waals surface area contributed by atoms with E-state index in [-0.39, 0.29) is 17.8 Å². The molecule has 2 amide bonds. The zero-order valence-electron chi connectivity index (χ0n) is 16.0. The van der Waals surface area contributed by atoms with Gasteiger partial charge < -0.3 is 5.11 Å². The van der Waals surface area contributed by atoms with Crippen molar-refractivity contribution in [2.24, 2.45) is 5.92 Å². The summed E-state index contributed by atoms with van der Waals surface area (Å²) in [5.41, 5.74) is 4.25. The molecule has 0 unspecified atom stereocenters. The molecule has 3 fully saturated rings. The lowest BCUT2D eigenvalue weighted by atomic mass is 9.84. The predicted molar refractivity (Wildman–Crippen MR) is 108 cm³/mol. The number of amides is 2. The molecular formula is C23H26N3O2+. The molecule has 6 rings (SSSR count). The highest BCUT2D eigenvalue weighted by atomic mass is 16.3. The summed E-state index contributed by atoms with van der Waals surface area (Å²) in [6.45, 7) is 3.97. The Kier molecular flexibility index (Phi) is 4.40. The Morgan fingerprint density at radius 3 is 2.54 bits per heavy atom. The molecule has 28 heavy (non-hydrogen) atoms. The second-order valence-corrected chi connectivity index (χ2v) is 8.15. The van der Waals surface area contributed by atoms with E-state index in [2.05, 4.69) is 28.4 Å². The van der Waals surface area contributed by atoms with Gasteiger partial charge >= 0.3 is 6.03 Å². The maximum Gasteiger partial charge on any atom is 0.491 e. The lowest BCUT2D eigenvalue weighted by Gasteiger charge is -2.42. The van der Waals surface area contributed by atoms with Crippen LogP contribution in [0.3, 0.4) is 0 Å². The number of phenols is 1. The van der Waals surface area contributed by atoms with Gasteiger partial charge in [-0.25, -0.2) is 5.32 Å². The molecule has 4 aliphatic heterocycles. The predicted octanol–water partition coefficient (Wildman–Crippen LogP) is 2.60. The van der Waals surface area contributed by atoms with Gasteiger partial charge in [0.25, 0.3) is 0 Å². The first-order valence-corrected chi connectivity index (χ1v) is 10.2. The fraction of sp³-hybridized carbons (Fsp3) is 0.391. The van der Waals surface area contributed by atoms with E-state index >= 15 is 0 Å². The first-order valence-electron chi connectivity index (χ1n) is 10.2. The summed E-state index contributed by atoms with van der Waals surface area (Å²) in [7, 11) is 0. The van der Waals surface area contributed by atoms with Crippen molar-refractivity contribution in [1.29, 1.82) is 0 Å². The number of phenolic OH excluding ortho intramolecular Hbond substituents is 1. The average Bonchev–Trinajstić information content (AvgIpc) is 2.74. The molecule has 2 aromatic rings. The number of nitrogens with one attached hydrogen (secondary N) is 1. The third-order valence-electron chi connectivity index (χ3n) is 6.50. The van der Waals surface area contributed by atoms with Crippen LogP contribution in [-0.4, -0.2) is 58.5 Å². The number of carbonyl (C=O) groups excluding carboxylic acids is 1. The molecule has 0 saturated carbocycles. The summed E-state index contributed by atoms with van der Waals surface area (Å²) < 4.78 is 1.90. The Hall–Kier alpha value is -2.66. The average molecular weight is 376 g/mol. The summed E-state index contributed by atoms with van der Waals surface area (Å²) in [4.78, 5) is 15.8. The number of benzene rings is 2. The molecule has 5 heteroatoms. The van der Waals surface area contributed by atoms with Crippen LogP contribution >= 0.6 is 0 Å². The van der Waals surface area contributed by atoms with Crippen molar-refractivity contribution in [3.05, 3.63) is 65.2 Å². The van der Waals surface area contributed by atoms with Crippen LogP contribution in [0.2, 0.25) is 0 Å². The largest absolute Gasteiger partial charge is 0.508 e. The summed E-state index contributed by atoms with van der Waals surface area (Å²) in [5.74, 6) is 0.833. The van der Waals surface area contributed by atoms with Gasteiger partial charge in [0, 0.05) is 30.0 Å². The van der Waals surface area contributed by atoms with Crippen LogP contribution in [0.1, 0.15) is 29.5 Å². The highest BCUT2D eigenvalue weighted by molar-refractivity contribution is 6.12. The van der Waals surface area contributed by atoms with Crippen molar-refractivity contribution in [3.8, 4) is 5.75 Å². The molecule has 1 atom stereocenters. The van der Waals surface area contributed by atoms with E-state index in [0.717, 1.165) is 29.8 Å². The fourth-order valence-electron chi connectivity index (χ4n) is 4.96. The summed E-state index contributed by atoms with van der Waals surface area (Å²) in [6.07, 6.45) is 3.22. The molecule has 0 radical (unpaired) electrons. The van der Waals surface area contributed by atoms with Crippen LogP contribution in [-0.2, 0) is 6.42 Å². The third kappa shape index (κ3) is 3.10. The lowest BCUT2D eigenvalue weighted by molar-refractivity contribution is -0.430. The van der Waals surface area contributed by atoms with Gasteiger partial charge in [0.15, 0.2) is 0 Å². The maximum atomic E-state index is 13.3. The van der Waals surface area contributed by atoms with Gasteiger partial charge in [-0.3, -0.25) is 4.90 Å². The van der Waals surface area contributed by atoms with Crippen molar-refractivity contribution >= 4 is 11.7 Å². The molecule has 4 heterocycles. The molecule has 3 saturated heterocycles. The monoisotopic (exact) mass is 376 g/mol. The van der Waals surface area contributed by atoms with Crippen LogP contribution in [0, 0.1) is 5.92 Å². The number of fused-ring (bicyclic) bond motifs is 4. The van der Waals surface area contributed by atoms with Crippen LogP contribution in [0.4, 0.5) is 4.79 Å². The third-order valence-corrected chi connectivity index (χ3v) is 6.50. The van der Waals surface area contributed by atoms with Gasteiger partial charge in [-0.15, -0.1) is 0 Å². The minimum absolute atomic E-state index is 0.00340. The van der Waals surface area contributed by atoms with Crippen molar-refractivity contribution in [3.63, 3.8) is 0 Å². The first-order chi connectivity index (χ1) is 13.7. The number of nitrogens with zero attached hydrogens (tertiary/aromatic N) is 2. The molecule has 2 aromatic carbocycles. The molecule has 0 aromatic heterocycles. The number of rotatable bonds is 2. The fourth-order valence-corrected chi connectivity index (χ4v) is 4.96. The van der Waals surface area contributed by atoms with Crippen LogP contribution in [0.15, 0.2) is 48.5 Å². The molecule has 2 bridgehead atoms. The minimum atomic E-state index is -0.00340. The van der Waals surface area contributed by atoms with E-state index in [1.54, 1.807) is 12.1 Å². The van der Waals surface area contributed by atoms with Gasteiger partial charge in [0.2, 0.25) is 0 Å². The SMILES string of the molecule is O=C(N[C@@H]1CN2CCC1CC2)[N+]1=C(c2ccc(O)cc2)c2ccccc2CC1. The van der Waals surface area contributed by atoms with Gasteiger partial charge in [-0.2, -0.15) is 9.37 Å². The van der Waals surface area contributed by atoms with Crippen molar-refractivity contribution in [2.75, 3.05) is 26.2 Å². The Bertz CT molecular complexity index is 927. The molecule has 2 N–H and O–H groups in total. The second-order valence-electron chi connectivity index (χ2n) is 8.15. The quantitative estimate of drug-likeness (QED) is 0.793. The molecule has 0 spiro atoms. The van der Waals surface area contributed by atoms with E-state index in [0.29, 0.717) is 12.5 Å². The van der Waals surface area contributed by atoms with Crippen molar-refractivity contribution in [2.45, 2.75) is 25.3 Å². The van der Waals surface area contributed by atoms with Crippen molar-refractivity contribution < 1.29 is 14.5 Å². The van der Waals surface area contributed by atoms with E-state index in [1.807, 2.05) is 22.8 Å². The summed E-state index contributed by atoms with van der Waals surface area (Å²) in [6, 6.07) is 15.7. The van der Waals surface area contributed by atoms with Crippen molar-refractivity contribution in [1.82, 2.24) is 10.2 Å². The van der Waals surface area contributed by atoms with Crippen LogP contribution in [0.25, 0.3) is 0 Å². The zero-order chi connectivity index (χ0) is 19.1. The van der Waals surface area contributed by atoms with Crippen LogP contribution < -0.4 is 5.32 Å². The van der Waals surface area contributed by atoms with Gasteiger partial charge in [-0.05, 0) is 55.8 Å². The van der Waals surface area contributed by atoms with E-state index in [9.17, 15) is 9.90 Å². The number of carbonyl (C=O) groups is 1. The number of piperidine rings is 3. The van der Waals surface area contributed by atoms with Gasteiger partial charge in [-0.1, -0.05) is 24.3 Å². The second kappa shape index (κ2) is 7.06. The molecule has 4 aliphatic rings. The van der Waals surface area contributed by atoms with Gasteiger partial charge in [0.05, 0.1) is 6.54 Å². The summed E-state index contributed by atoms with van der Waals surface area (Å²) in [5, 5.41) is 13.0. The number of aromatic hydroxyl groups is 1. The smallest absolute Gasteiger partial charge is 0.491 e. The van der Waals surface area contributed by atoms with Gasteiger partial charge in [0.1, 0.15) is 17.5 Å². The Morgan fingerprint density at radius 2 is 1.82 bits per heavy atom. The Labute approximate surface area is 165 Å². The van der Waals surface area contributed by atoms with E-state index in [4.69, 9.17) is 0 Å².